The zero-order chi connectivity index (χ0) is 12.4. The first-order valence-corrected chi connectivity index (χ1v) is 5.47. The number of allylic oxidation sites excluding steroid dienone is 1. The van der Waals surface area contributed by atoms with Crippen LogP contribution >= 0.6 is 0 Å². The number of hydrogen-bond donors (Lipinski definition) is 1. The van der Waals surface area contributed by atoms with Crippen LogP contribution in [0.15, 0.2) is 12.2 Å². The van der Waals surface area contributed by atoms with Gasteiger partial charge in [-0.25, -0.2) is 4.79 Å². The van der Waals surface area contributed by atoms with Crippen molar-refractivity contribution >= 4 is 11.9 Å². The van der Waals surface area contributed by atoms with Crippen molar-refractivity contribution in [2.75, 3.05) is 0 Å². The van der Waals surface area contributed by atoms with Crippen LogP contribution < -0.4 is 5.32 Å². The summed E-state index contributed by atoms with van der Waals surface area (Å²) in [7, 11) is 0. The van der Waals surface area contributed by atoms with Crippen LogP contribution in [0.4, 0.5) is 4.79 Å². The Morgan fingerprint density at radius 3 is 2.25 bits per heavy atom. The van der Waals surface area contributed by atoms with Crippen LogP contribution in [0.5, 0.6) is 0 Å². The number of ketones is 1. The summed E-state index contributed by atoms with van der Waals surface area (Å²) in [5, 5.41) is 2.65. The molecule has 1 amide bonds. The molecule has 0 aromatic heterocycles. The van der Waals surface area contributed by atoms with Crippen molar-refractivity contribution in [3.05, 3.63) is 12.2 Å². The molecule has 0 aliphatic heterocycles. The molecule has 0 atom stereocenters. The molecule has 16 heavy (non-hydrogen) atoms. The van der Waals surface area contributed by atoms with Gasteiger partial charge in [-0.1, -0.05) is 6.08 Å². The van der Waals surface area contributed by atoms with E-state index in [1.165, 1.54) is 6.08 Å². The number of amides is 1. The lowest BCUT2D eigenvalue weighted by Gasteiger charge is -2.22. The van der Waals surface area contributed by atoms with Crippen molar-refractivity contribution in [1.29, 1.82) is 0 Å². The molecule has 0 bridgehead atoms. The van der Waals surface area contributed by atoms with Crippen molar-refractivity contribution in [3.63, 3.8) is 0 Å². The third kappa shape index (κ3) is 3.36. The predicted molar refractivity (Wildman–Crippen MR) is 61.2 cm³/mol. The van der Waals surface area contributed by atoms with Gasteiger partial charge in [-0.15, -0.1) is 0 Å². The van der Waals surface area contributed by atoms with Gasteiger partial charge in [0.05, 0.1) is 0 Å². The highest BCUT2D eigenvalue weighted by Crippen LogP contribution is 2.37. The Hall–Kier alpha value is -1.32. The molecular formula is C12H19NO3. The Morgan fingerprint density at radius 1 is 1.31 bits per heavy atom. The largest absolute Gasteiger partial charge is 0.444 e. The van der Waals surface area contributed by atoms with Gasteiger partial charge in [-0.05, 0) is 46.6 Å². The van der Waals surface area contributed by atoms with E-state index in [0.717, 1.165) is 0 Å². The summed E-state index contributed by atoms with van der Waals surface area (Å²) < 4.78 is 5.12. The summed E-state index contributed by atoms with van der Waals surface area (Å²) in [5.41, 5.74) is -1.24. The minimum atomic E-state index is -0.700. The smallest absolute Gasteiger partial charge is 0.408 e. The van der Waals surface area contributed by atoms with Gasteiger partial charge in [0.25, 0.3) is 0 Å². The Morgan fingerprint density at radius 2 is 1.88 bits per heavy atom. The minimum absolute atomic E-state index is 0.0548. The zero-order valence-corrected chi connectivity index (χ0v) is 10.3. The van der Waals surface area contributed by atoms with E-state index in [4.69, 9.17) is 4.74 Å². The molecule has 0 aromatic carbocycles. The third-order valence-corrected chi connectivity index (χ3v) is 2.28. The van der Waals surface area contributed by atoms with Crippen molar-refractivity contribution in [2.45, 2.75) is 51.7 Å². The number of nitrogens with one attached hydrogen (secondary N) is 1. The van der Waals surface area contributed by atoms with E-state index < -0.39 is 17.2 Å². The molecule has 1 aliphatic carbocycles. The van der Waals surface area contributed by atoms with Crippen molar-refractivity contribution in [3.8, 4) is 0 Å². The molecule has 4 nitrogen and oxygen atoms in total. The van der Waals surface area contributed by atoms with Crippen LogP contribution in [0.2, 0.25) is 0 Å². The van der Waals surface area contributed by atoms with Crippen molar-refractivity contribution < 1.29 is 14.3 Å². The molecule has 4 heteroatoms. The normalized spacial score (nSPS) is 18.2. The van der Waals surface area contributed by atoms with Gasteiger partial charge in [-0.3, -0.25) is 4.79 Å². The van der Waals surface area contributed by atoms with Crippen molar-refractivity contribution in [1.82, 2.24) is 5.32 Å². The monoisotopic (exact) mass is 225 g/mol. The quantitative estimate of drug-likeness (QED) is 0.749. The average molecular weight is 225 g/mol. The standard InChI is InChI=1S/C12H19NO3/c1-5-6-9(14)12(7-8-12)13-10(15)16-11(2,3)4/h5-6H,7-8H2,1-4H3,(H,13,15)/b6-5+. The van der Waals surface area contributed by atoms with E-state index in [2.05, 4.69) is 5.32 Å². The van der Waals surface area contributed by atoms with Crippen LogP contribution in [0.3, 0.4) is 0 Å². The third-order valence-electron chi connectivity index (χ3n) is 2.28. The molecule has 0 unspecified atom stereocenters. The zero-order valence-electron chi connectivity index (χ0n) is 10.3. The van der Waals surface area contributed by atoms with E-state index in [1.54, 1.807) is 33.8 Å². The maximum absolute atomic E-state index is 11.7. The van der Waals surface area contributed by atoms with Crippen LogP contribution in [0, 0.1) is 0 Å². The van der Waals surface area contributed by atoms with Crippen LogP contribution in [0.1, 0.15) is 40.5 Å². The molecule has 0 spiro atoms. The first kappa shape index (κ1) is 12.7. The first-order valence-electron chi connectivity index (χ1n) is 5.47. The SMILES string of the molecule is C/C=C/C(=O)C1(NC(=O)OC(C)(C)C)CC1. The number of ether oxygens (including phenoxy) is 1. The minimum Gasteiger partial charge on any atom is -0.444 e. The lowest BCUT2D eigenvalue weighted by Crippen LogP contribution is -2.44. The molecule has 90 valence electrons. The Balaban J connectivity index is 2.54. The number of carbonyl (C=O) groups excluding carboxylic acids is 2. The van der Waals surface area contributed by atoms with Gasteiger partial charge >= 0.3 is 6.09 Å². The maximum atomic E-state index is 11.7. The van der Waals surface area contributed by atoms with E-state index in [-0.39, 0.29) is 5.78 Å². The number of alkyl carbamates (subject to hydrolysis) is 1. The molecule has 0 radical (unpaired) electrons. The summed E-state index contributed by atoms with van der Waals surface area (Å²) in [6.45, 7) is 7.15. The highest BCUT2D eigenvalue weighted by atomic mass is 16.6. The van der Waals surface area contributed by atoms with Gasteiger partial charge < -0.3 is 10.1 Å². The van der Waals surface area contributed by atoms with Crippen LogP contribution in [-0.4, -0.2) is 23.0 Å². The summed E-state index contributed by atoms with van der Waals surface area (Å²) in [6, 6.07) is 0. The molecule has 1 saturated carbocycles. The second-order valence-corrected chi connectivity index (χ2v) is 5.07. The fraction of sp³-hybridized carbons (Fsp3) is 0.667. The average Bonchev–Trinajstić information content (AvgIpc) is 2.82. The van der Waals surface area contributed by atoms with Gasteiger partial charge in [0.1, 0.15) is 11.1 Å². The summed E-state index contributed by atoms with van der Waals surface area (Å²) in [5.74, 6) is -0.0548. The van der Waals surface area contributed by atoms with E-state index in [9.17, 15) is 9.59 Å². The van der Waals surface area contributed by atoms with Crippen LogP contribution in [0.25, 0.3) is 0 Å². The molecule has 1 N–H and O–H groups in total. The van der Waals surface area contributed by atoms with E-state index in [1.807, 2.05) is 0 Å². The lowest BCUT2D eigenvalue weighted by atomic mass is 10.1. The van der Waals surface area contributed by atoms with Crippen LogP contribution in [-0.2, 0) is 9.53 Å². The summed E-state index contributed by atoms with van der Waals surface area (Å²) in [6.07, 6.45) is 4.02. The van der Waals surface area contributed by atoms with E-state index in [0.29, 0.717) is 12.8 Å². The van der Waals surface area contributed by atoms with Gasteiger partial charge in [-0.2, -0.15) is 0 Å². The highest BCUT2D eigenvalue weighted by Gasteiger charge is 2.50. The molecular weight excluding hydrogens is 206 g/mol. The lowest BCUT2D eigenvalue weighted by molar-refractivity contribution is -0.117. The topological polar surface area (TPSA) is 55.4 Å². The molecule has 0 aromatic rings. The molecule has 1 rings (SSSR count). The molecule has 1 aliphatic rings. The Bertz CT molecular complexity index is 322. The Labute approximate surface area is 96.0 Å². The first-order chi connectivity index (χ1) is 7.29. The van der Waals surface area contributed by atoms with Crippen molar-refractivity contribution in [2.24, 2.45) is 0 Å². The summed E-state index contributed by atoms with van der Waals surface area (Å²) >= 11 is 0. The number of hydrogen-bond acceptors (Lipinski definition) is 3. The summed E-state index contributed by atoms with van der Waals surface area (Å²) in [4.78, 5) is 23.2. The second kappa shape index (κ2) is 4.28. The Kier molecular flexibility index (Phi) is 3.41. The maximum Gasteiger partial charge on any atom is 0.408 e. The molecule has 0 saturated heterocycles. The molecule has 0 heterocycles. The highest BCUT2D eigenvalue weighted by molar-refractivity contribution is 6.02. The van der Waals surface area contributed by atoms with Gasteiger partial charge in [0.2, 0.25) is 0 Å². The second-order valence-electron chi connectivity index (χ2n) is 5.07. The fourth-order valence-corrected chi connectivity index (χ4v) is 1.37. The van der Waals surface area contributed by atoms with Gasteiger partial charge in [0, 0.05) is 0 Å². The molecule has 1 fully saturated rings. The number of carbonyl (C=O) groups is 2. The predicted octanol–water partition coefficient (Wildman–Crippen LogP) is 2.19. The van der Waals surface area contributed by atoms with E-state index >= 15 is 0 Å². The number of rotatable bonds is 3. The van der Waals surface area contributed by atoms with Gasteiger partial charge in [0.15, 0.2) is 5.78 Å². The fourth-order valence-electron chi connectivity index (χ4n) is 1.37.